The molecular weight excluding hydrogens is 359 g/mol. The van der Waals surface area contributed by atoms with Crippen molar-refractivity contribution in [2.45, 2.75) is 64.8 Å². The minimum Gasteiger partial charge on any atom is -0.462 e. The molecule has 0 spiro atoms. The average Bonchev–Trinajstić information content (AvgIpc) is 2.85. The molecule has 3 rings (SSSR count). The summed E-state index contributed by atoms with van der Waals surface area (Å²) in [5.41, 5.74) is 2.65. The first-order valence-electron chi connectivity index (χ1n) is 7.93. The van der Waals surface area contributed by atoms with Crippen LogP contribution in [0, 0.1) is 0 Å². The highest BCUT2D eigenvalue weighted by atomic mass is 79.9. The third-order valence-electron chi connectivity index (χ3n) is 5.06. The van der Waals surface area contributed by atoms with E-state index in [1.807, 2.05) is 27.7 Å². The molecule has 124 valence electrons. The van der Waals surface area contributed by atoms with Crippen LogP contribution in [-0.2, 0) is 31.7 Å². The van der Waals surface area contributed by atoms with Crippen molar-refractivity contribution >= 4 is 34.5 Å². The lowest BCUT2D eigenvalue weighted by Gasteiger charge is -2.32. The van der Waals surface area contributed by atoms with E-state index in [-0.39, 0.29) is 23.3 Å². The van der Waals surface area contributed by atoms with E-state index in [0.717, 1.165) is 16.4 Å². The van der Waals surface area contributed by atoms with Crippen molar-refractivity contribution < 1.29 is 18.8 Å². The second-order valence-electron chi connectivity index (χ2n) is 7.36. The SMILES string of the molecule is CC(=O)O[C@@H]1Cc2cc(Br)cc(B3OC(C)(C)C(C)(C)O3)c2C1. The van der Waals surface area contributed by atoms with Gasteiger partial charge in [0, 0.05) is 24.2 Å². The van der Waals surface area contributed by atoms with Crippen LogP contribution in [0.2, 0.25) is 0 Å². The second kappa shape index (κ2) is 5.61. The molecule has 1 heterocycles. The van der Waals surface area contributed by atoms with Crippen molar-refractivity contribution in [1.29, 1.82) is 0 Å². The largest absolute Gasteiger partial charge is 0.495 e. The third-order valence-corrected chi connectivity index (χ3v) is 5.52. The molecule has 6 heteroatoms. The summed E-state index contributed by atoms with van der Waals surface area (Å²) in [5, 5.41) is 0. The monoisotopic (exact) mass is 380 g/mol. The maximum atomic E-state index is 11.2. The van der Waals surface area contributed by atoms with E-state index >= 15 is 0 Å². The van der Waals surface area contributed by atoms with E-state index < -0.39 is 7.12 Å². The van der Waals surface area contributed by atoms with Crippen LogP contribution in [0.1, 0.15) is 45.7 Å². The van der Waals surface area contributed by atoms with Gasteiger partial charge in [-0.05, 0) is 56.4 Å². The second-order valence-corrected chi connectivity index (χ2v) is 8.28. The quantitative estimate of drug-likeness (QED) is 0.584. The lowest BCUT2D eigenvalue weighted by Crippen LogP contribution is -2.41. The first-order chi connectivity index (χ1) is 10.6. The Morgan fingerprint density at radius 2 is 1.83 bits per heavy atom. The minimum atomic E-state index is -0.401. The van der Waals surface area contributed by atoms with E-state index in [9.17, 15) is 4.79 Å². The predicted octanol–water partition coefficient (Wildman–Crippen LogP) is 2.78. The molecule has 0 bridgehead atoms. The number of carbonyl (C=O) groups excluding carboxylic acids is 1. The number of benzene rings is 1. The van der Waals surface area contributed by atoms with Crippen LogP contribution < -0.4 is 5.46 Å². The Morgan fingerprint density at radius 1 is 1.22 bits per heavy atom. The zero-order valence-corrected chi connectivity index (χ0v) is 15.8. The predicted molar refractivity (Wildman–Crippen MR) is 92.8 cm³/mol. The number of ether oxygens (including phenoxy) is 1. The Balaban J connectivity index is 1.93. The summed E-state index contributed by atoms with van der Waals surface area (Å²) in [6, 6.07) is 4.14. The van der Waals surface area contributed by atoms with Gasteiger partial charge in [-0.15, -0.1) is 0 Å². The van der Waals surface area contributed by atoms with Gasteiger partial charge in [-0.3, -0.25) is 4.79 Å². The van der Waals surface area contributed by atoms with E-state index in [2.05, 4.69) is 28.1 Å². The molecule has 23 heavy (non-hydrogen) atoms. The maximum absolute atomic E-state index is 11.2. The highest BCUT2D eigenvalue weighted by Gasteiger charge is 2.52. The lowest BCUT2D eigenvalue weighted by atomic mass is 9.75. The Hall–Kier alpha value is -0.845. The van der Waals surface area contributed by atoms with Crippen LogP contribution in [0.25, 0.3) is 0 Å². The van der Waals surface area contributed by atoms with Crippen LogP contribution in [0.5, 0.6) is 0 Å². The molecule has 0 aromatic heterocycles. The molecule has 2 aliphatic rings. The summed E-state index contributed by atoms with van der Waals surface area (Å²) in [6.45, 7) is 9.65. The van der Waals surface area contributed by atoms with Gasteiger partial charge >= 0.3 is 13.1 Å². The molecule has 0 N–H and O–H groups in total. The van der Waals surface area contributed by atoms with Crippen LogP contribution in [-0.4, -0.2) is 30.4 Å². The van der Waals surface area contributed by atoms with Crippen molar-refractivity contribution in [3.63, 3.8) is 0 Å². The summed E-state index contributed by atoms with van der Waals surface area (Å²) in [6.07, 6.45) is 1.35. The standard InChI is InChI=1S/C17H22BBrO4/c1-10(20)21-13-7-11-6-12(19)8-15(14(11)9-13)18-22-16(2,3)17(4,5)23-18/h6,8,13H,7,9H2,1-5H3/t13-/m1/s1. The molecule has 1 aromatic rings. The number of fused-ring (bicyclic) bond motifs is 1. The Labute approximate surface area is 146 Å². The normalized spacial score (nSPS) is 24.6. The van der Waals surface area contributed by atoms with Gasteiger partial charge in [-0.2, -0.15) is 0 Å². The Morgan fingerprint density at radius 3 is 2.39 bits per heavy atom. The van der Waals surface area contributed by atoms with Crippen LogP contribution in [0.3, 0.4) is 0 Å². The van der Waals surface area contributed by atoms with Gasteiger partial charge in [0.15, 0.2) is 0 Å². The molecule has 0 amide bonds. The van der Waals surface area contributed by atoms with E-state index in [0.29, 0.717) is 6.42 Å². The van der Waals surface area contributed by atoms with E-state index in [4.69, 9.17) is 14.0 Å². The minimum absolute atomic E-state index is 0.0991. The molecule has 1 aliphatic heterocycles. The number of rotatable bonds is 2. The molecule has 1 saturated heterocycles. The number of hydrogen-bond acceptors (Lipinski definition) is 4. The van der Waals surface area contributed by atoms with Gasteiger partial charge in [0.05, 0.1) is 11.2 Å². The number of esters is 1. The zero-order chi connectivity index (χ0) is 17.0. The molecular formula is C17H22BBrO4. The highest BCUT2D eigenvalue weighted by molar-refractivity contribution is 9.10. The fourth-order valence-corrected chi connectivity index (χ4v) is 3.71. The van der Waals surface area contributed by atoms with Crippen LogP contribution >= 0.6 is 15.9 Å². The fourth-order valence-electron chi connectivity index (χ4n) is 3.19. The number of halogens is 1. The molecule has 4 nitrogen and oxygen atoms in total. The summed E-state index contributed by atoms with van der Waals surface area (Å²) < 4.78 is 18.8. The zero-order valence-electron chi connectivity index (χ0n) is 14.2. The van der Waals surface area contributed by atoms with Crippen molar-refractivity contribution in [3.8, 4) is 0 Å². The maximum Gasteiger partial charge on any atom is 0.495 e. The molecule has 0 saturated carbocycles. The van der Waals surface area contributed by atoms with Crippen molar-refractivity contribution in [3.05, 3.63) is 27.7 Å². The summed E-state index contributed by atoms with van der Waals surface area (Å²) in [7, 11) is -0.401. The summed E-state index contributed by atoms with van der Waals surface area (Å²) in [4.78, 5) is 11.2. The van der Waals surface area contributed by atoms with Crippen molar-refractivity contribution in [2.75, 3.05) is 0 Å². The first kappa shape index (κ1) is 17.0. The fraction of sp³-hybridized carbons (Fsp3) is 0.588. The lowest BCUT2D eigenvalue weighted by molar-refractivity contribution is -0.145. The third kappa shape index (κ3) is 3.09. The van der Waals surface area contributed by atoms with Gasteiger partial charge in [0.2, 0.25) is 0 Å². The smallest absolute Gasteiger partial charge is 0.462 e. The topological polar surface area (TPSA) is 44.8 Å². The van der Waals surface area contributed by atoms with Gasteiger partial charge in [-0.25, -0.2) is 0 Å². The summed E-state index contributed by atoms with van der Waals surface area (Å²) in [5.74, 6) is -0.237. The number of hydrogen-bond donors (Lipinski definition) is 0. The Kier molecular flexibility index (Phi) is 4.14. The highest BCUT2D eigenvalue weighted by Crippen LogP contribution is 2.38. The summed E-state index contributed by atoms with van der Waals surface area (Å²) >= 11 is 3.57. The molecule has 0 radical (unpaired) electrons. The molecule has 1 atom stereocenters. The van der Waals surface area contributed by atoms with E-state index in [1.165, 1.54) is 18.1 Å². The van der Waals surface area contributed by atoms with Gasteiger partial charge < -0.3 is 14.0 Å². The molecule has 0 unspecified atom stereocenters. The van der Waals surface area contributed by atoms with Crippen molar-refractivity contribution in [1.82, 2.24) is 0 Å². The van der Waals surface area contributed by atoms with Gasteiger partial charge in [0.1, 0.15) is 6.10 Å². The molecule has 1 fully saturated rings. The Bertz CT molecular complexity index is 640. The van der Waals surface area contributed by atoms with Crippen LogP contribution in [0.4, 0.5) is 0 Å². The van der Waals surface area contributed by atoms with Gasteiger partial charge in [-0.1, -0.05) is 15.9 Å². The molecule has 1 aliphatic carbocycles. The van der Waals surface area contributed by atoms with Gasteiger partial charge in [0.25, 0.3) is 0 Å². The van der Waals surface area contributed by atoms with E-state index in [1.54, 1.807) is 0 Å². The number of carbonyl (C=O) groups is 1. The average molecular weight is 381 g/mol. The van der Waals surface area contributed by atoms with Crippen molar-refractivity contribution in [2.24, 2.45) is 0 Å². The first-order valence-corrected chi connectivity index (χ1v) is 8.72. The molecule has 1 aromatic carbocycles. The van der Waals surface area contributed by atoms with Crippen LogP contribution in [0.15, 0.2) is 16.6 Å².